The van der Waals surface area contributed by atoms with Crippen LogP contribution in [0.2, 0.25) is 0 Å². The Morgan fingerprint density at radius 1 is 0.327 bits per heavy atom. The van der Waals surface area contributed by atoms with Gasteiger partial charge in [0.2, 0.25) is 0 Å². The fourth-order valence-electron chi connectivity index (χ4n) is 11.7. The zero-order valence-corrected chi connectivity index (χ0v) is 65.2. The molecule has 578 valence electrons. The molecule has 0 saturated carbocycles. The minimum absolute atomic E-state index is 0.102. The average Bonchev–Trinajstić information content (AvgIpc) is 1.20. The van der Waals surface area contributed by atoms with Gasteiger partial charge in [0, 0.05) is 25.7 Å². The zero-order chi connectivity index (χ0) is 71.9. The van der Waals surface area contributed by atoms with E-state index in [-0.39, 0.29) is 25.7 Å². The minimum atomic E-state index is -4.97. The van der Waals surface area contributed by atoms with E-state index in [1.165, 1.54) is 199 Å². The summed E-state index contributed by atoms with van der Waals surface area (Å²) in [6, 6.07) is 0. The number of phosphoric ester groups is 2. The molecule has 0 aromatic heterocycles. The van der Waals surface area contributed by atoms with Crippen molar-refractivity contribution in [2.45, 2.75) is 412 Å². The molecule has 0 bridgehead atoms. The molecule has 0 spiro atoms. The summed E-state index contributed by atoms with van der Waals surface area (Å²) in [6.07, 6.45) is 64.4. The first-order valence-electron chi connectivity index (χ1n) is 40.5. The molecular weight excluding hydrogens is 1280 g/mol. The van der Waals surface area contributed by atoms with Gasteiger partial charge in [0.05, 0.1) is 26.4 Å². The quantitative estimate of drug-likeness (QED) is 0.0169. The van der Waals surface area contributed by atoms with Gasteiger partial charge in [0.15, 0.2) is 12.2 Å². The monoisotopic (exact) mass is 1430 g/mol. The summed E-state index contributed by atoms with van der Waals surface area (Å²) in [5.74, 6) is -1.36. The van der Waals surface area contributed by atoms with Crippen LogP contribution in [0.4, 0.5) is 0 Å². The number of aliphatic hydroxyl groups is 1. The Hall–Kier alpha value is -2.46. The lowest BCUT2D eigenvalue weighted by Crippen LogP contribution is -2.30. The second kappa shape index (κ2) is 71.5. The van der Waals surface area contributed by atoms with E-state index in [2.05, 4.69) is 58.9 Å². The molecule has 0 aliphatic carbocycles. The van der Waals surface area contributed by atoms with Crippen molar-refractivity contribution in [3.63, 3.8) is 0 Å². The van der Waals surface area contributed by atoms with Gasteiger partial charge in [0.1, 0.15) is 19.3 Å². The normalized spacial score (nSPS) is 14.3. The fraction of sp³-hybridized carbons (Fsp3) is 0.899. The van der Waals surface area contributed by atoms with Crippen LogP contribution in [0.3, 0.4) is 0 Å². The number of phosphoric acid groups is 2. The maximum atomic E-state index is 13.1. The van der Waals surface area contributed by atoms with E-state index in [1.807, 2.05) is 0 Å². The van der Waals surface area contributed by atoms with E-state index in [1.54, 1.807) is 0 Å². The number of carbonyl (C=O) groups excluding carboxylic acids is 4. The Labute approximate surface area is 599 Å². The summed E-state index contributed by atoms with van der Waals surface area (Å²) in [5.41, 5.74) is 0. The molecule has 19 heteroatoms. The molecule has 3 N–H and O–H groups in total. The van der Waals surface area contributed by atoms with Crippen LogP contribution in [0.25, 0.3) is 0 Å². The number of hydrogen-bond acceptors (Lipinski definition) is 15. The molecular formula is C79H150O17P2. The Morgan fingerprint density at radius 3 is 0.867 bits per heavy atom. The fourth-order valence-corrected chi connectivity index (χ4v) is 13.2. The van der Waals surface area contributed by atoms with E-state index in [9.17, 15) is 43.2 Å². The Kier molecular flexibility index (Phi) is 69.7. The minimum Gasteiger partial charge on any atom is -0.462 e. The van der Waals surface area contributed by atoms with Gasteiger partial charge in [0.25, 0.3) is 0 Å². The van der Waals surface area contributed by atoms with E-state index in [0.717, 1.165) is 115 Å². The first-order chi connectivity index (χ1) is 47.6. The lowest BCUT2D eigenvalue weighted by molar-refractivity contribution is -0.161. The van der Waals surface area contributed by atoms with Gasteiger partial charge in [-0.25, -0.2) is 9.13 Å². The van der Waals surface area contributed by atoms with Gasteiger partial charge in [-0.15, -0.1) is 0 Å². The molecule has 0 aliphatic heterocycles. The van der Waals surface area contributed by atoms with Crippen LogP contribution in [0, 0.1) is 5.92 Å². The Bertz CT molecular complexity index is 1970. The molecule has 17 nitrogen and oxygen atoms in total. The van der Waals surface area contributed by atoms with Crippen LogP contribution < -0.4 is 0 Å². The topological polar surface area (TPSA) is 237 Å². The number of aliphatic hydroxyl groups excluding tert-OH is 1. The maximum absolute atomic E-state index is 13.1. The SMILES string of the molecule is CCCCCC/C=C\C=C/CCCCCCCC(=O)OC[C@H](COP(=O)(O)OC[C@@H](O)COP(=O)(O)OC[C@@H](COC(=O)CCCCCCCCCCC(C)CC)OC(=O)CCCCCCCCCCCCCCCC)OC(=O)CCCCCCCCCCCCCCCCCCC. The predicted molar refractivity (Wildman–Crippen MR) is 400 cm³/mol. The summed E-state index contributed by atoms with van der Waals surface area (Å²) < 4.78 is 68.6. The second-order valence-electron chi connectivity index (χ2n) is 28.0. The van der Waals surface area contributed by atoms with Gasteiger partial charge in [-0.1, -0.05) is 341 Å². The largest absolute Gasteiger partial charge is 0.472 e. The molecule has 0 radical (unpaired) electrons. The van der Waals surface area contributed by atoms with Crippen molar-refractivity contribution in [3.8, 4) is 0 Å². The highest BCUT2D eigenvalue weighted by molar-refractivity contribution is 7.47. The third-order valence-electron chi connectivity index (χ3n) is 18.3. The van der Waals surface area contributed by atoms with Gasteiger partial charge in [-0.05, 0) is 57.3 Å². The highest BCUT2D eigenvalue weighted by Crippen LogP contribution is 2.45. The number of rotatable bonds is 77. The van der Waals surface area contributed by atoms with Crippen LogP contribution in [0.5, 0.6) is 0 Å². The molecule has 0 aromatic rings. The molecule has 0 amide bonds. The number of unbranched alkanes of at least 4 members (excludes halogenated alkanes) is 45. The van der Waals surface area contributed by atoms with Crippen LogP contribution in [0.15, 0.2) is 24.3 Å². The van der Waals surface area contributed by atoms with Gasteiger partial charge in [-0.2, -0.15) is 0 Å². The number of ether oxygens (including phenoxy) is 4. The highest BCUT2D eigenvalue weighted by Gasteiger charge is 2.30. The van der Waals surface area contributed by atoms with Crippen LogP contribution in [0.1, 0.15) is 394 Å². The number of esters is 4. The van der Waals surface area contributed by atoms with Gasteiger partial charge in [-0.3, -0.25) is 37.3 Å². The molecule has 3 unspecified atom stereocenters. The number of carbonyl (C=O) groups is 4. The van der Waals surface area contributed by atoms with Crippen molar-refractivity contribution in [1.82, 2.24) is 0 Å². The first kappa shape index (κ1) is 95.5. The summed E-state index contributed by atoms with van der Waals surface area (Å²) in [6.45, 7) is 7.26. The van der Waals surface area contributed by atoms with E-state index in [4.69, 9.17) is 37.0 Å². The van der Waals surface area contributed by atoms with Crippen molar-refractivity contribution in [3.05, 3.63) is 24.3 Å². The second-order valence-corrected chi connectivity index (χ2v) is 30.9. The first-order valence-corrected chi connectivity index (χ1v) is 43.5. The van der Waals surface area contributed by atoms with Crippen molar-refractivity contribution in [1.29, 1.82) is 0 Å². The number of allylic oxidation sites excluding steroid dienone is 4. The summed E-state index contributed by atoms with van der Waals surface area (Å²) in [7, 11) is -9.93. The predicted octanol–water partition coefficient (Wildman–Crippen LogP) is 23.2. The molecule has 0 aromatic carbocycles. The van der Waals surface area contributed by atoms with Crippen LogP contribution in [-0.2, 0) is 65.4 Å². The van der Waals surface area contributed by atoms with Crippen molar-refractivity contribution >= 4 is 39.5 Å². The van der Waals surface area contributed by atoms with E-state index < -0.39 is 97.5 Å². The lowest BCUT2D eigenvalue weighted by atomic mass is 9.99. The van der Waals surface area contributed by atoms with E-state index >= 15 is 0 Å². The highest BCUT2D eigenvalue weighted by atomic mass is 31.2. The average molecular weight is 1430 g/mol. The lowest BCUT2D eigenvalue weighted by Gasteiger charge is -2.21. The molecule has 0 fully saturated rings. The van der Waals surface area contributed by atoms with Gasteiger partial charge < -0.3 is 33.8 Å². The zero-order valence-electron chi connectivity index (χ0n) is 63.4. The van der Waals surface area contributed by atoms with Crippen molar-refractivity contribution in [2.75, 3.05) is 39.6 Å². The van der Waals surface area contributed by atoms with Crippen LogP contribution >= 0.6 is 15.6 Å². The summed E-state index contributed by atoms with van der Waals surface area (Å²) in [4.78, 5) is 73.0. The third kappa shape index (κ3) is 70.6. The molecule has 0 heterocycles. The maximum Gasteiger partial charge on any atom is 0.472 e. The molecule has 98 heavy (non-hydrogen) atoms. The number of hydrogen-bond donors (Lipinski definition) is 3. The Balaban J connectivity index is 5.30. The van der Waals surface area contributed by atoms with Crippen molar-refractivity contribution < 1.29 is 80.2 Å². The van der Waals surface area contributed by atoms with Crippen molar-refractivity contribution in [2.24, 2.45) is 5.92 Å². The molecule has 0 saturated heterocycles. The summed E-state index contributed by atoms with van der Waals surface area (Å²) in [5, 5.41) is 10.6. The Morgan fingerprint density at radius 2 is 0.571 bits per heavy atom. The molecule has 0 aliphatic rings. The summed E-state index contributed by atoms with van der Waals surface area (Å²) >= 11 is 0. The van der Waals surface area contributed by atoms with Gasteiger partial charge >= 0.3 is 39.5 Å². The standard InChI is InChI=1S/C79H150O17P2/c1-6-10-13-16-19-22-25-28-31-32-34-37-40-43-50-55-60-65-79(84)95-74(68-89-76(81)62-57-52-47-41-38-36-33-29-26-23-20-17-14-11-7-2)70-93-97(85,86)91-66-73(80)67-92-98(87,88)94-71-75(69-90-77(82)63-58-53-48-45-44-46-51-56-61-72(5)9-4)96-78(83)64-59-54-49-42-39-35-30-27-24-21-18-15-12-8-3/h23,26,29,33,72-75,80H,6-22,24-25,27-28,30-32,34-71H2,1-5H3,(H,85,86)(H,87,88)/b26-23-,33-29-/t72?,73-,74-,75-/m1/s1. The third-order valence-corrected chi connectivity index (χ3v) is 20.2. The molecule has 0 rings (SSSR count). The van der Waals surface area contributed by atoms with Crippen LogP contribution in [-0.4, -0.2) is 96.7 Å². The molecule has 6 atom stereocenters. The smallest absolute Gasteiger partial charge is 0.462 e. The van der Waals surface area contributed by atoms with E-state index in [0.29, 0.717) is 25.7 Å².